The average molecular weight is 534 g/mol. The Hall–Kier alpha value is -4.64. The summed E-state index contributed by atoms with van der Waals surface area (Å²) in [6, 6.07) is 15.4. The Kier molecular flexibility index (Phi) is 6.00. The Morgan fingerprint density at radius 2 is 1.77 bits per heavy atom. The molecule has 0 aromatic carbocycles. The van der Waals surface area contributed by atoms with Crippen molar-refractivity contribution in [3.8, 4) is 17.2 Å². The predicted molar refractivity (Wildman–Crippen MR) is 153 cm³/mol. The van der Waals surface area contributed by atoms with Crippen molar-refractivity contribution in [2.24, 2.45) is 0 Å². The third-order valence-electron chi connectivity index (χ3n) is 7.84. The Balaban J connectivity index is 1.01. The number of aromatic nitrogens is 8. The molecule has 0 amide bonds. The van der Waals surface area contributed by atoms with Crippen molar-refractivity contribution in [1.29, 1.82) is 0 Å². The zero-order valence-electron chi connectivity index (χ0n) is 22.7. The van der Waals surface area contributed by atoms with Crippen molar-refractivity contribution in [1.82, 2.24) is 44.8 Å². The lowest BCUT2D eigenvalue weighted by atomic mass is 9.84. The average Bonchev–Trinajstić information content (AvgIpc) is 3.65. The number of hydrogen-bond acceptors (Lipinski definition) is 9. The van der Waals surface area contributed by atoms with Crippen LogP contribution in [0.3, 0.4) is 0 Å². The summed E-state index contributed by atoms with van der Waals surface area (Å²) in [5.41, 5.74) is 3.98. The first-order valence-electron chi connectivity index (χ1n) is 13.6. The standard InChI is InChI=1S/C29H31N11/c1-18-11-25(34-26-12-19(2)36-37-26)35-29(33-18)22-6-7-27(30-15-22)38-16-23-13-24(17-38)40(23)20(3)21-5-8-28(31-14-21)39-10-4-9-32-39/h4-12,14-15,20,23-24H,13,16-17H2,1-3H3,(H2,33,34,35,36,37)/t20-,23?,24?/m1/s1. The van der Waals surface area contributed by atoms with Gasteiger partial charge in [0.2, 0.25) is 0 Å². The molecular weight excluding hydrogens is 502 g/mol. The number of aromatic amines is 1. The lowest BCUT2D eigenvalue weighted by molar-refractivity contribution is -0.0344. The summed E-state index contributed by atoms with van der Waals surface area (Å²) < 4.78 is 1.78. The van der Waals surface area contributed by atoms with Crippen molar-refractivity contribution in [2.75, 3.05) is 23.3 Å². The van der Waals surface area contributed by atoms with Crippen LogP contribution in [-0.4, -0.2) is 70.0 Å². The molecule has 0 radical (unpaired) electrons. The minimum atomic E-state index is 0.312. The molecule has 5 aromatic heterocycles. The van der Waals surface area contributed by atoms with Crippen LogP contribution < -0.4 is 10.2 Å². The highest BCUT2D eigenvalue weighted by atomic mass is 15.4. The summed E-state index contributed by atoms with van der Waals surface area (Å²) in [6.07, 6.45) is 8.76. The molecule has 5 aromatic rings. The predicted octanol–water partition coefficient (Wildman–Crippen LogP) is 4.23. The van der Waals surface area contributed by atoms with Crippen LogP contribution in [0.1, 0.15) is 36.3 Å². The molecule has 3 aliphatic heterocycles. The van der Waals surface area contributed by atoms with Crippen LogP contribution in [0, 0.1) is 13.8 Å². The molecule has 202 valence electrons. The highest BCUT2D eigenvalue weighted by molar-refractivity contribution is 5.61. The van der Waals surface area contributed by atoms with Crippen molar-refractivity contribution in [3.05, 3.63) is 84.2 Å². The first kappa shape index (κ1) is 24.4. The smallest absolute Gasteiger partial charge is 0.163 e. The number of piperidine rings is 1. The van der Waals surface area contributed by atoms with E-state index in [0.29, 0.717) is 29.8 Å². The van der Waals surface area contributed by atoms with Gasteiger partial charge in [-0.3, -0.25) is 10.00 Å². The van der Waals surface area contributed by atoms with E-state index in [-0.39, 0.29) is 0 Å². The number of anilines is 3. The summed E-state index contributed by atoms with van der Waals surface area (Å²) in [5, 5.41) is 14.7. The SMILES string of the molecule is Cc1cc(Nc2cc(C)[nH]n2)nc(-c2ccc(N3CC4CC(C3)N4[C@H](C)c3ccc(-n4cccn4)nc3)nc2)n1. The summed E-state index contributed by atoms with van der Waals surface area (Å²) in [7, 11) is 0. The van der Waals surface area contributed by atoms with Crippen molar-refractivity contribution in [2.45, 2.75) is 45.3 Å². The minimum Gasteiger partial charge on any atom is -0.353 e. The van der Waals surface area contributed by atoms with Crippen LogP contribution in [0.25, 0.3) is 17.2 Å². The number of H-pyrrole nitrogens is 1. The fourth-order valence-electron chi connectivity index (χ4n) is 5.90. The van der Waals surface area contributed by atoms with E-state index < -0.39 is 0 Å². The molecule has 0 saturated carbocycles. The molecule has 11 heteroatoms. The first-order valence-corrected chi connectivity index (χ1v) is 13.6. The molecule has 2 bridgehead atoms. The Morgan fingerprint density at radius 1 is 0.950 bits per heavy atom. The lowest BCUT2D eigenvalue weighted by Crippen LogP contribution is -2.69. The Labute approximate surface area is 232 Å². The fraction of sp³-hybridized carbons (Fsp3) is 0.310. The van der Waals surface area contributed by atoms with Gasteiger partial charge in [-0.25, -0.2) is 24.6 Å². The van der Waals surface area contributed by atoms with Crippen LogP contribution in [0.4, 0.5) is 17.5 Å². The van der Waals surface area contributed by atoms with Crippen molar-refractivity contribution < 1.29 is 0 Å². The summed E-state index contributed by atoms with van der Waals surface area (Å²) in [6.45, 7) is 8.13. The third kappa shape index (κ3) is 4.58. The van der Waals surface area contributed by atoms with E-state index in [9.17, 15) is 0 Å². The maximum absolute atomic E-state index is 4.81. The van der Waals surface area contributed by atoms with E-state index in [1.54, 1.807) is 10.9 Å². The van der Waals surface area contributed by atoms with E-state index in [0.717, 1.165) is 47.5 Å². The van der Waals surface area contributed by atoms with Gasteiger partial charge in [-0.2, -0.15) is 10.2 Å². The maximum atomic E-state index is 4.81. The van der Waals surface area contributed by atoms with Gasteiger partial charge in [0.15, 0.2) is 17.5 Å². The number of piperazine rings is 1. The summed E-state index contributed by atoms with van der Waals surface area (Å²) >= 11 is 0. The second-order valence-electron chi connectivity index (χ2n) is 10.7. The number of pyridine rings is 2. The Morgan fingerprint density at radius 3 is 2.45 bits per heavy atom. The quantitative estimate of drug-likeness (QED) is 0.317. The molecule has 3 fully saturated rings. The molecule has 11 nitrogen and oxygen atoms in total. The van der Waals surface area contributed by atoms with Gasteiger partial charge in [-0.1, -0.05) is 6.07 Å². The minimum absolute atomic E-state index is 0.312. The van der Waals surface area contributed by atoms with Gasteiger partial charge in [0.25, 0.3) is 0 Å². The van der Waals surface area contributed by atoms with Crippen LogP contribution in [0.2, 0.25) is 0 Å². The Bertz CT molecular complexity index is 1600. The van der Waals surface area contributed by atoms with Crippen LogP contribution in [-0.2, 0) is 0 Å². The molecule has 2 unspecified atom stereocenters. The van der Waals surface area contributed by atoms with Gasteiger partial charge >= 0.3 is 0 Å². The molecule has 2 N–H and O–H groups in total. The molecule has 3 atom stereocenters. The van der Waals surface area contributed by atoms with Gasteiger partial charge < -0.3 is 10.2 Å². The number of rotatable bonds is 7. The topological polar surface area (TPSA) is 117 Å². The zero-order chi connectivity index (χ0) is 27.2. The fourth-order valence-corrected chi connectivity index (χ4v) is 5.90. The molecule has 8 heterocycles. The molecule has 8 rings (SSSR count). The number of fused-ring (bicyclic) bond motifs is 2. The molecule has 0 spiro atoms. The normalized spacial score (nSPS) is 19.3. The van der Waals surface area contributed by atoms with Gasteiger partial charge in [-0.05, 0) is 57.0 Å². The van der Waals surface area contributed by atoms with E-state index in [1.165, 1.54) is 12.0 Å². The number of nitrogens with one attached hydrogen (secondary N) is 2. The maximum Gasteiger partial charge on any atom is 0.163 e. The number of aryl methyl sites for hydroxylation is 2. The number of nitrogens with zero attached hydrogens (tertiary/aromatic N) is 9. The molecule has 40 heavy (non-hydrogen) atoms. The van der Waals surface area contributed by atoms with Crippen molar-refractivity contribution >= 4 is 17.5 Å². The summed E-state index contributed by atoms with van der Waals surface area (Å²) in [4.78, 5) is 23.8. The van der Waals surface area contributed by atoms with E-state index in [4.69, 9.17) is 9.97 Å². The van der Waals surface area contributed by atoms with Crippen LogP contribution >= 0.6 is 0 Å². The highest BCUT2D eigenvalue weighted by Gasteiger charge is 2.47. The van der Waals surface area contributed by atoms with Gasteiger partial charge in [-0.15, -0.1) is 0 Å². The van der Waals surface area contributed by atoms with Gasteiger partial charge in [0.05, 0.1) is 0 Å². The second kappa shape index (κ2) is 9.83. The molecule has 3 saturated heterocycles. The van der Waals surface area contributed by atoms with E-state index in [1.807, 2.05) is 56.7 Å². The van der Waals surface area contributed by atoms with E-state index in [2.05, 4.69) is 65.5 Å². The van der Waals surface area contributed by atoms with Crippen LogP contribution in [0.15, 0.2) is 67.3 Å². The second-order valence-corrected chi connectivity index (χ2v) is 10.7. The van der Waals surface area contributed by atoms with Gasteiger partial charge in [0, 0.05) is 85.1 Å². The number of hydrogen-bond donors (Lipinski definition) is 2. The molecule has 3 aliphatic rings. The van der Waals surface area contributed by atoms with Crippen molar-refractivity contribution in [3.63, 3.8) is 0 Å². The lowest BCUT2D eigenvalue weighted by Gasteiger charge is -2.59. The highest BCUT2D eigenvalue weighted by Crippen LogP contribution is 2.40. The first-order chi connectivity index (χ1) is 19.5. The molecular formula is C29H31N11. The zero-order valence-corrected chi connectivity index (χ0v) is 22.7. The van der Waals surface area contributed by atoms with E-state index >= 15 is 0 Å². The third-order valence-corrected chi connectivity index (χ3v) is 7.84. The monoisotopic (exact) mass is 533 g/mol. The van der Waals surface area contributed by atoms with Crippen LogP contribution in [0.5, 0.6) is 0 Å². The largest absolute Gasteiger partial charge is 0.353 e. The summed E-state index contributed by atoms with van der Waals surface area (Å²) in [5.74, 6) is 3.90. The van der Waals surface area contributed by atoms with Gasteiger partial charge in [0.1, 0.15) is 11.6 Å². The molecule has 0 aliphatic carbocycles.